The van der Waals surface area contributed by atoms with E-state index in [0.717, 1.165) is 37.7 Å². The maximum absolute atomic E-state index is 6.48. The largest absolute Gasteiger partial charge is 0.374 e. The first-order chi connectivity index (χ1) is 8.50. The molecule has 0 heterocycles. The van der Waals surface area contributed by atoms with Crippen molar-refractivity contribution in [2.75, 3.05) is 6.61 Å². The summed E-state index contributed by atoms with van der Waals surface area (Å²) in [6, 6.07) is 0.226. The van der Waals surface area contributed by atoms with Crippen molar-refractivity contribution >= 4 is 0 Å². The lowest BCUT2D eigenvalue weighted by molar-refractivity contribution is -0.0903. The van der Waals surface area contributed by atoms with E-state index < -0.39 is 0 Å². The van der Waals surface area contributed by atoms with E-state index in [4.69, 9.17) is 10.5 Å². The minimum absolute atomic E-state index is 0.0156. The van der Waals surface area contributed by atoms with Crippen LogP contribution < -0.4 is 5.73 Å². The molecule has 2 heteroatoms. The molecule has 18 heavy (non-hydrogen) atoms. The Bertz CT molecular complexity index is 219. The van der Waals surface area contributed by atoms with Crippen molar-refractivity contribution in [2.24, 2.45) is 17.6 Å². The molecule has 0 aromatic rings. The third-order valence-corrected chi connectivity index (χ3v) is 4.52. The fraction of sp³-hybridized carbons (Fsp3) is 1.00. The Morgan fingerprint density at radius 1 is 1.22 bits per heavy atom. The average molecular weight is 255 g/mol. The van der Waals surface area contributed by atoms with Gasteiger partial charge in [-0.05, 0) is 50.9 Å². The Morgan fingerprint density at radius 2 is 1.83 bits per heavy atom. The van der Waals surface area contributed by atoms with Gasteiger partial charge in [0.1, 0.15) is 0 Å². The smallest absolute Gasteiger partial charge is 0.0832 e. The van der Waals surface area contributed by atoms with E-state index in [0.29, 0.717) is 0 Å². The van der Waals surface area contributed by atoms with Gasteiger partial charge in [0.25, 0.3) is 0 Å². The molecule has 1 rings (SSSR count). The molecule has 0 spiro atoms. The zero-order valence-electron chi connectivity index (χ0n) is 12.9. The van der Waals surface area contributed by atoms with Crippen LogP contribution in [0.15, 0.2) is 0 Å². The third kappa shape index (κ3) is 4.55. The first-order valence-electron chi connectivity index (χ1n) is 7.89. The van der Waals surface area contributed by atoms with Crippen LogP contribution in [-0.4, -0.2) is 18.2 Å². The van der Waals surface area contributed by atoms with Gasteiger partial charge in [0.05, 0.1) is 5.60 Å². The second-order valence-corrected chi connectivity index (χ2v) is 6.61. The second kappa shape index (κ2) is 7.49. The van der Waals surface area contributed by atoms with Crippen molar-refractivity contribution in [3.8, 4) is 0 Å². The second-order valence-electron chi connectivity index (χ2n) is 6.61. The number of nitrogens with two attached hydrogens (primary N) is 1. The highest BCUT2D eigenvalue weighted by atomic mass is 16.5. The molecule has 0 saturated heterocycles. The molecule has 2 nitrogen and oxygen atoms in total. The fourth-order valence-electron chi connectivity index (χ4n) is 3.17. The number of ether oxygens (including phenoxy) is 1. The molecule has 2 N–H and O–H groups in total. The highest BCUT2D eigenvalue weighted by Crippen LogP contribution is 2.38. The Morgan fingerprint density at radius 3 is 2.33 bits per heavy atom. The van der Waals surface area contributed by atoms with Crippen LogP contribution in [0.1, 0.15) is 72.6 Å². The Kier molecular flexibility index (Phi) is 6.65. The van der Waals surface area contributed by atoms with E-state index in [9.17, 15) is 0 Å². The molecule has 0 bridgehead atoms. The normalized spacial score (nSPS) is 30.7. The van der Waals surface area contributed by atoms with Gasteiger partial charge in [0.15, 0.2) is 0 Å². The minimum Gasteiger partial charge on any atom is -0.374 e. The van der Waals surface area contributed by atoms with E-state index in [1.54, 1.807) is 0 Å². The van der Waals surface area contributed by atoms with Crippen molar-refractivity contribution < 1.29 is 4.74 Å². The monoisotopic (exact) mass is 255 g/mol. The summed E-state index contributed by atoms with van der Waals surface area (Å²) in [5.41, 5.74) is 6.46. The highest BCUT2D eigenvalue weighted by molar-refractivity contribution is 4.95. The van der Waals surface area contributed by atoms with Gasteiger partial charge in [0.2, 0.25) is 0 Å². The lowest BCUT2D eigenvalue weighted by Gasteiger charge is -2.43. The maximum Gasteiger partial charge on any atom is 0.0832 e. The maximum atomic E-state index is 6.48. The molecular formula is C16H33NO. The molecule has 0 aromatic heterocycles. The molecule has 0 aliphatic heterocycles. The molecule has 1 aliphatic rings. The summed E-state index contributed by atoms with van der Waals surface area (Å²) < 4.78 is 6.11. The van der Waals surface area contributed by atoms with Gasteiger partial charge in [-0.3, -0.25) is 0 Å². The molecule has 1 atom stereocenters. The van der Waals surface area contributed by atoms with Crippen LogP contribution >= 0.6 is 0 Å². The van der Waals surface area contributed by atoms with Gasteiger partial charge < -0.3 is 10.5 Å². The van der Waals surface area contributed by atoms with E-state index in [1.165, 1.54) is 25.7 Å². The van der Waals surface area contributed by atoms with E-state index in [1.807, 2.05) is 0 Å². The number of hydrogen-bond donors (Lipinski definition) is 1. The minimum atomic E-state index is -0.0156. The third-order valence-electron chi connectivity index (χ3n) is 4.52. The molecule has 1 unspecified atom stereocenters. The van der Waals surface area contributed by atoms with Gasteiger partial charge >= 0.3 is 0 Å². The van der Waals surface area contributed by atoms with Crippen molar-refractivity contribution in [1.29, 1.82) is 0 Å². The van der Waals surface area contributed by atoms with Crippen LogP contribution in [0.3, 0.4) is 0 Å². The molecule has 108 valence electrons. The van der Waals surface area contributed by atoms with Crippen LogP contribution in [0.4, 0.5) is 0 Å². The molecule has 0 aromatic carbocycles. The first kappa shape index (κ1) is 16.0. The van der Waals surface area contributed by atoms with Gasteiger partial charge in [-0.15, -0.1) is 0 Å². The molecule has 0 amide bonds. The summed E-state index contributed by atoms with van der Waals surface area (Å²) in [7, 11) is 0. The lowest BCUT2D eigenvalue weighted by atomic mass is 9.74. The molecule has 1 aliphatic carbocycles. The first-order valence-corrected chi connectivity index (χ1v) is 7.89. The van der Waals surface area contributed by atoms with E-state index >= 15 is 0 Å². The lowest BCUT2D eigenvalue weighted by Crippen LogP contribution is -2.52. The SMILES string of the molecule is CCOC1(C(N)CCCC(C)C)CCC(C)CC1. The van der Waals surface area contributed by atoms with Crippen molar-refractivity contribution in [3.63, 3.8) is 0 Å². The summed E-state index contributed by atoms with van der Waals surface area (Å²) in [4.78, 5) is 0. The van der Waals surface area contributed by atoms with Crippen molar-refractivity contribution in [3.05, 3.63) is 0 Å². The number of rotatable bonds is 7. The quantitative estimate of drug-likeness (QED) is 0.742. The Hall–Kier alpha value is -0.0800. The van der Waals surface area contributed by atoms with Gasteiger partial charge in [-0.2, -0.15) is 0 Å². The van der Waals surface area contributed by atoms with Gasteiger partial charge in [-0.1, -0.05) is 33.6 Å². The van der Waals surface area contributed by atoms with Crippen LogP contribution in [0, 0.1) is 11.8 Å². The predicted molar refractivity (Wildman–Crippen MR) is 78.7 cm³/mol. The summed E-state index contributed by atoms with van der Waals surface area (Å²) in [6.07, 6.45) is 8.51. The van der Waals surface area contributed by atoms with Crippen LogP contribution in [0.25, 0.3) is 0 Å². The topological polar surface area (TPSA) is 35.2 Å². The summed E-state index contributed by atoms with van der Waals surface area (Å²) in [6.45, 7) is 9.81. The van der Waals surface area contributed by atoms with E-state index in [-0.39, 0.29) is 11.6 Å². The summed E-state index contributed by atoms with van der Waals surface area (Å²) in [5.74, 6) is 1.63. The average Bonchev–Trinajstić information content (AvgIpc) is 2.32. The Labute approximate surface area is 114 Å². The van der Waals surface area contributed by atoms with Gasteiger partial charge in [0, 0.05) is 12.6 Å². The summed E-state index contributed by atoms with van der Waals surface area (Å²) in [5, 5.41) is 0. The van der Waals surface area contributed by atoms with Crippen LogP contribution in [0.5, 0.6) is 0 Å². The van der Waals surface area contributed by atoms with Crippen LogP contribution in [0.2, 0.25) is 0 Å². The van der Waals surface area contributed by atoms with Crippen molar-refractivity contribution in [2.45, 2.75) is 84.3 Å². The molecule has 1 saturated carbocycles. The van der Waals surface area contributed by atoms with Gasteiger partial charge in [-0.25, -0.2) is 0 Å². The molecule has 1 fully saturated rings. The predicted octanol–water partition coefficient (Wildman–Crippen LogP) is 4.13. The number of hydrogen-bond acceptors (Lipinski definition) is 2. The molecule has 0 radical (unpaired) electrons. The zero-order chi connectivity index (χ0) is 13.6. The standard InChI is InChI=1S/C16H33NO/c1-5-18-16(11-9-14(4)10-12-16)15(17)8-6-7-13(2)3/h13-15H,5-12,17H2,1-4H3. The van der Waals surface area contributed by atoms with E-state index in [2.05, 4.69) is 27.7 Å². The zero-order valence-corrected chi connectivity index (χ0v) is 12.9. The summed E-state index contributed by atoms with van der Waals surface area (Å²) >= 11 is 0. The van der Waals surface area contributed by atoms with Crippen LogP contribution in [-0.2, 0) is 4.74 Å². The highest BCUT2D eigenvalue weighted by Gasteiger charge is 2.39. The fourth-order valence-corrected chi connectivity index (χ4v) is 3.17. The molecular weight excluding hydrogens is 222 g/mol. The Balaban J connectivity index is 2.49. The van der Waals surface area contributed by atoms with Crippen molar-refractivity contribution in [1.82, 2.24) is 0 Å².